The minimum absolute atomic E-state index is 0.416. The molecule has 0 saturated heterocycles. The predicted octanol–water partition coefficient (Wildman–Crippen LogP) is 0.717. The molecule has 0 aromatic heterocycles. The largest absolute Gasteiger partial charge is 0.377 e. The van der Waals surface area contributed by atoms with Crippen LogP contribution in [0.4, 0.5) is 0 Å². The van der Waals surface area contributed by atoms with Crippen molar-refractivity contribution in [3.8, 4) is 0 Å². The van der Waals surface area contributed by atoms with Crippen LogP contribution >= 0.6 is 0 Å². The van der Waals surface area contributed by atoms with Gasteiger partial charge in [-0.3, -0.25) is 0 Å². The SMILES string of the molecule is CCCCC(O)S(=O)O. The lowest BCUT2D eigenvalue weighted by molar-refractivity contribution is 0.232. The molecule has 0 aromatic carbocycles. The second-order valence-corrected chi connectivity index (χ2v) is 2.97. The van der Waals surface area contributed by atoms with Gasteiger partial charge < -0.3 is 9.66 Å². The second-order valence-electron chi connectivity index (χ2n) is 1.87. The summed E-state index contributed by atoms with van der Waals surface area (Å²) in [7, 11) is 0. The highest BCUT2D eigenvalue weighted by Gasteiger charge is 2.07. The maximum atomic E-state index is 10.1. The van der Waals surface area contributed by atoms with Gasteiger partial charge in [0.2, 0.25) is 0 Å². The first kappa shape index (κ1) is 9.07. The Morgan fingerprint density at radius 2 is 2.22 bits per heavy atom. The van der Waals surface area contributed by atoms with Crippen LogP contribution in [-0.2, 0) is 11.1 Å². The van der Waals surface area contributed by atoms with Gasteiger partial charge in [0.1, 0.15) is 0 Å². The standard InChI is InChI=1S/C5H12O3S/c1-2-3-4-5(6)9(7)8/h5-6H,2-4H2,1H3,(H,7,8). The topological polar surface area (TPSA) is 57.5 Å². The van der Waals surface area contributed by atoms with Gasteiger partial charge in [-0.1, -0.05) is 19.8 Å². The fourth-order valence-electron chi connectivity index (χ4n) is 0.480. The Kier molecular flexibility index (Phi) is 4.94. The summed E-state index contributed by atoms with van der Waals surface area (Å²) in [4.78, 5) is 0. The van der Waals surface area contributed by atoms with E-state index in [2.05, 4.69) is 0 Å². The van der Waals surface area contributed by atoms with E-state index in [1.54, 1.807) is 0 Å². The van der Waals surface area contributed by atoms with Crippen molar-refractivity contribution in [2.75, 3.05) is 0 Å². The minimum atomic E-state index is -2.06. The zero-order valence-corrected chi connectivity index (χ0v) is 6.23. The first-order valence-corrected chi connectivity index (χ1v) is 4.13. The Balaban J connectivity index is 3.27. The Morgan fingerprint density at radius 3 is 2.56 bits per heavy atom. The molecule has 0 spiro atoms. The number of rotatable bonds is 4. The lowest BCUT2D eigenvalue weighted by atomic mass is 10.3. The van der Waals surface area contributed by atoms with Gasteiger partial charge in [-0.25, -0.2) is 4.21 Å². The monoisotopic (exact) mass is 152 g/mol. The Hall–Kier alpha value is 0.0700. The highest BCUT2D eigenvalue weighted by atomic mass is 32.2. The van der Waals surface area contributed by atoms with Crippen LogP contribution in [0.2, 0.25) is 0 Å². The van der Waals surface area contributed by atoms with Crippen LogP contribution in [0.15, 0.2) is 0 Å². The highest BCUT2D eigenvalue weighted by Crippen LogP contribution is 2.01. The van der Waals surface area contributed by atoms with Crippen LogP contribution in [0.5, 0.6) is 0 Å². The average Bonchev–Trinajstić information content (AvgIpc) is 1.82. The molecule has 0 aliphatic rings. The van der Waals surface area contributed by atoms with Crippen molar-refractivity contribution in [1.82, 2.24) is 0 Å². The summed E-state index contributed by atoms with van der Waals surface area (Å²) in [6.45, 7) is 1.97. The molecule has 0 heterocycles. The number of aliphatic hydroxyl groups is 1. The summed E-state index contributed by atoms with van der Waals surface area (Å²) in [5.74, 6) is 0. The van der Waals surface area contributed by atoms with E-state index in [-0.39, 0.29) is 0 Å². The fraction of sp³-hybridized carbons (Fsp3) is 1.00. The lowest BCUT2D eigenvalue weighted by Crippen LogP contribution is -2.12. The molecule has 0 radical (unpaired) electrons. The molecule has 0 aliphatic carbocycles. The smallest absolute Gasteiger partial charge is 0.182 e. The van der Waals surface area contributed by atoms with Crippen LogP contribution in [-0.4, -0.2) is 19.3 Å². The number of hydrogen-bond acceptors (Lipinski definition) is 2. The van der Waals surface area contributed by atoms with Gasteiger partial charge in [-0.05, 0) is 6.42 Å². The molecule has 0 rings (SSSR count). The average molecular weight is 152 g/mol. The van der Waals surface area contributed by atoms with E-state index < -0.39 is 16.5 Å². The number of hydrogen-bond donors (Lipinski definition) is 2. The second kappa shape index (κ2) is 4.90. The molecule has 3 nitrogen and oxygen atoms in total. The van der Waals surface area contributed by atoms with Gasteiger partial charge in [0, 0.05) is 0 Å². The predicted molar refractivity (Wildman–Crippen MR) is 36.3 cm³/mol. The van der Waals surface area contributed by atoms with E-state index in [9.17, 15) is 4.21 Å². The van der Waals surface area contributed by atoms with Gasteiger partial charge in [0.15, 0.2) is 16.5 Å². The summed E-state index contributed by atoms with van der Waals surface area (Å²) in [5, 5.41) is 8.71. The summed E-state index contributed by atoms with van der Waals surface area (Å²) in [5.41, 5.74) is -1.05. The fourth-order valence-corrected chi connectivity index (χ4v) is 0.848. The molecule has 2 atom stereocenters. The molecule has 0 aromatic rings. The molecule has 0 aliphatic heterocycles. The Bertz CT molecular complexity index is 94.2. The minimum Gasteiger partial charge on any atom is -0.377 e. The molecule has 9 heavy (non-hydrogen) atoms. The summed E-state index contributed by atoms with van der Waals surface area (Å²) in [6.07, 6.45) is 2.15. The number of aliphatic hydroxyl groups excluding tert-OH is 1. The lowest BCUT2D eigenvalue weighted by Gasteiger charge is -2.02. The molecule has 0 fully saturated rings. The van der Waals surface area contributed by atoms with Crippen molar-refractivity contribution in [3.05, 3.63) is 0 Å². The van der Waals surface area contributed by atoms with Crippen molar-refractivity contribution in [2.45, 2.75) is 31.6 Å². The van der Waals surface area contributed by atoms with E-state index in [0.29, 0.717) is 6.42 Å². The summed E-state index contributed by atoms with van der Waals surface area (Å²) < 4.78 is 18.3. The molecule has 0 saturated carbocycles. The maximum Gasteiger partial charge on any atom is 0.182 e. The van der Waals surface area contributed by atoms with Crippen molar-refractivity contribution in [2.24, 2.45) is 0 Å². The molecular formula is C5H12O3S. The highest BCUT2D eigenvalue weighted by molar-refractivity contribution is 7.79. The van der Waals surface area contributed by atoms with Crippen molar-refractivity contribution < 1.29 is 13.9 Å². The van der Waals surface area contributed by atoms with Gasteiger partial charge in [0.25, 0.3) is 0 Å². The molecule has 56 valence electrons. The van der Waals surface area contributed by atoms with Crippen molar-refractivity contribution >= 4 is 11.1 Å². The maximum absolute atomic E-state index is 10.1. The van der Waals surface area contributed by atoms with Gasteiger partial charge in [-0.2, -0.15) is 0 Å². The quantitative estimate of drug-likeness (QED) is 0.583. The third-order valence-electron chi connectivity index (χ3n) is 1.04. The van der Waals surface area contributed by atoms with Gasteiger partial charge in [0.05, 0.1) is 0 Å². The molecule has 0 bridgehead atoms. The molecule has 2 unspecified atom stereocenters. The van der Waals surface area contributed by atoms with E-state index in [1.165, 1.54) is 0 Å². The van der Waals surface area contributed by atoms with E-state index in [0.717, 1.165) is 12.8 Å². The van der Waals surface area contributed by atoms with Crippen LogP contribution in [0.3, 0.4) is 0 Å². The van der Waals surface area contributed by atoms with Gasteiger partial charge in [-0.15, -0.1) is 0 Å². The Labute approximate surface area is 57.4 Å². The molecule has 2 N–H and O–H groups in total. The van der Waals surface area contributed by atoms with Crippen LogP contribution in [0.1, 0.15) is 26.2 Å². The first-order valence-electron chi connectivity index (χ1n) is 2.96. The normalized spacial score (nSPS) is 17.2. The first-order chi connectivity index (χ1) is 4.18. The van der Waals surface area contributed by atoms with Crippen molar-refractivity contribution in [3.63, 3.8) is 0 Å². The zero-order chi connectivity index (χ0) is 7.28. The van der Waals surface area contributed by atoms with Crippen LogP contribution < -0.4 is 0 Å². The van der Waals surface area contributed by atoms with E-state index >= 15 is 0 Å². The van der Waals surface area contributed by atoms with Crippen LogP contribution in [0.25, 0.3) is 0 Å². The number of unbranched alkanes of at least 4 members (excludes halogenated alkanes) is 1. The third-order valence-corrected chi connectivity index (χ3v) is 1.74. The van der Waals surface area contributed by atoms with Crippen LogP contribution in [0, 0.1) is 0 Å². The molecule has 0 amide bonds. The summed E-state index contributed by atoms with van der Waals surface area (Å²) >= 11 is -2.06. The van der Waals surface area contributed by atoms with E-state index in [1.807, 2.05) is 6.92 Å². The Morgan fingerprint density at radius 1 is 1.67 bits per heavy atom. The summed E-state index contributed by atoms with van der Waals surface area (Å²) in [6, 6.07) is 0. The van der Waals surface area contributed by atoms with E-state index in [4.69, 9.17) is 9.66 Å². The van der Waals surface area contributed by atoms with Gasteiger partial charge >= 0.3 is 0 Å². The molecular weight excluding hydrogens is 140 g/mol. The third kappa shape index (κ3) is 4.57. The van der Waals surface area contributed by atoms with Crippen molar-refractivity contribution in [1.29, 1.82) is 0 Å². The molecule has 4 heteroatoms. The zero-order valence-electron chi connectivity index (χ0n) is 5.41.